The number of amides is 2. The van der Waals surface area contributed by atoms with E-state index in [1.54, 1.807) is 0 Å². The normalized spacial score (nSPS) is 18.5. The molecule has 0 aliphatic carbocycles. The summed E-state index contributed by atoms with van der Waals surface area (Å²) in [7, 11) is 0. The molecule has 0 atom stereocenters. The topological polar surface area (TPSA) is 75.4 Å². The van der Waals surface area contributed by atoms with Crippen molar-refractivity contribution in [3.05, 3.63) is 0 Å². The second-order valence-electron chi connectivity index (χ2n) is 5.07. The third-order valence-corrected chi connectivity index (χ3v) is 4.30. The predicted octanol–water partition coefficient (Wildman–Crippen LogP) is 0.490. The highest BCUT2D eigenvalue weighted by molar-refractivity contribution is 5.85. The lowest BCUT2D eigenvalue weighted by Gasteiger charge is -2.41. The van der Waals surface area contributed by atoms with Gasteiger partial charge in [-0.25, -0.2) is 0 Å². The first-order valence-corrected chi connectivity index (χ1v) is 6.81. The summed E-state index contributed by atoms with van der Waals surface area (Å²) in [6, 6.07) is 0. The Bertz CT molecular complexity index is 291. The van der Waals surface area contributed by atoms with Crippen LogP contribution in [0.1, 0.15) is 39.5 Å². The molecule has 0 bridgehead atoms. The van der Waals surface area contributed by atoms with Crippen LogP contribution >= 0.6 is 0 Å². The molecule has 104 valence electrons. The van der Waals surface area contributed by atoms with Gasteiger partial charge in [-0.2, -0.15) is 0 Å². The number of likely N-dealkylation sites (tertiary alicyclic amines) is 1. The Balaban J connectivity index is 2.38. The van der Waals surface area contributed by atoms with Crippen molar-refractivity contribution >= 4 is 11.8 Å². The Hall–Kier alpha value is -1.10. The lowest BCUT2D eigenvalue weighted by atomic mass is 9.74. The van der Waals surface area contributed by atoms with Crippen LogP contribution in [0.3, 0.4) is 0 Å². The molecule has 2 amide bonds. The van der Waals surface area contributed by atoms with Crippen LogP contribution in [0.2, 0.25) is 0 Å². The van der Waals surface area contributed by atoms with Gasteiger partial charge in [0, 0.05) is 13.1 Å². The van der Waals surface area contributed by atoms with Gasteiger partial charge in [0.25, 0.3) is 0 Å². The van der Waals surface area contributed by atoms with Gasteiger partial charge in [0.15, 0.2) is 0 Å². The van der Waals surface area contributed by atoms with Gasteiger partial charge in [0.2, 0.25) is 11.8 Å². The van der Waals surface area contributed by atoms with Crippen LogP contribution in [0.15, 0.2) is 0 Å². The Kier molecular flexibility index (Phi) is 5.59. The van der Waals surface area contributed by atoms with E-state index in [0.29, 0.717) is 5.41 Å². The second kappa shape index (κ2) is 6.73. The van der Waals surface area contributed by atoms with E-state index < -0.39 is 0 Å². The summed E-state index contributed by atoms with van der Waals surface area (Å²) in [5.74, 6) is -0.283. The van der Waals surface area contributed by atoms with Crippen LogP contribution in [-0.4, -0.2) is 42.9 Å². The maximum Gasteiger partial charge on any atom is 0.241 e. The minimum absolute atomic E-state index is 0.00222. The molecule has 1 heterocycles. The standard InChI is InChI=1S/C13H25N3O2/c1-3-13(4-2)5-7-16(8-6-13)12(18)10-15-11(17)9-14/h3-10,14H2,1-2H3,(H,15,17). The van der Waals surface area contributed by atoms with Crippen LogP contribution < -0.4 is 11.1 Å². The van der Waals surface area contributed by atoms with Gasteiger partial charge in [-0.05, 0) is 18.3 Å². The highest BCUT2D eigenvalue weighted by Crippen LogP contribution is 2.37. The van der Waals surface area contributed by atoms with Crippen molar-refractivity contribution in [2.24, 2.45) is 11.1 Å². The zero-order valence-corrected chi connectivity index (χ0v) is 11.5. The van der Waals surface area contributed by atoms with E-state index in [0.717, 1.165) is 25.9 Å². The molecule has 0 aromatic rings. The van der Waals surface area contributed by atoms with Crippen molar-refractivity contribution in [1.82, 2.24) is 10.2 Å². The van der Waals surface area contributed by atoms with E-state index in [9.17, 15) is 9.59 Å². The first kappa shape index (κ1) is 15.0. The molecule has 1 aliphatic rings. The van der Waals surface area contributed by atoms with Crippen molar-refractivity contribution in [1.29, 1.82) is 0 Å². The minimum Gasteiger partial charge on any atom is -0.346 e. The van der Waals surface area contributed by atoms with Gasteiger partial charge in [0.1, 0.15) is 0 Å². The zero-order chi connectivity index (χ0) is 13.6. The van der Waals surface area contributed by atoms with E-state index in [1.807, 2.05) is 4.90 Å². The average molecular weight is 255 g/mol. The summed E-state index contributed by atoms with van der Waals surface area (Å²) in [4.78, 5) is 24.7. The first-order chi connectivity index (χ1) is 8.56. The van der Waals surface area contributed by atoms with Crippen molar-refractivity contribution in [3.63, 3.8) is 0 Å². The van der Waals surface area contributed by atoms with E-state index in [2.05, 4.69) is 19.2 Å². The maximum atomic E-state index is 11.9. The monoisotopic (exact) mass is 255 g/mol. The lowest BCUT2D eigenvalue weighted by Crippen LogP contribution is -2.47. The van der Waals surface area contributed by atoms with Crippen molar-refractivity contribution < 1.29 is 9.59 Å². The van der Waals surface area contributed by atoms with Gasteiger partial charge in [-0.15, -0.1) is 0 Å². The van der Waals surface area contributed by atoms with Gasteiger partial charge in [0.05, 0.1) is 13.1 Å². The molecule has 0 aromatic carbocycles. The predicted molar refractivity (Wildman–Crippen MR) is 70.9 cm³/mol. The summed E-state index contributed by atoms with van der Waals surface area (Å²) in [6.07, 6.45) is 4.48. The average Bonchev–Trinajstić information content (AvgIpc) is 2.44. The summed E-state index contributed by atoms with van der Waals surface area (Å²) >= 11 is 0. The van der Waals surface area contributed by atoms with Crippen molar-refractivity contribution in [2.75, 3.05) is 26.2 Å². The molecule has 18 heavy (non-hydrogen) atoms. The third-order valence-electron chi connectivity index (χ3n) is 4.30. The number of piperidine rings is 1. The molecule has 1 fully saturated rings. The Labute approximate surface area is 109 Å². The Morgan fingerprint density at radius 1 is 1.22 bits per heavy atom. The fraction of sp³-hybridized carbons (Fsp3) is 0.846. The lowest BCUT2D eigenvalue weighted by molar-refractivity contribution is -0.134. The van der Waals surface area contributed by atoms with Crippen LogP contribution in [0.25, 0.3) is 0 Å². The molecule has 1 rings (SSSR count). The number of hydrogen-bond donors (Lipinski definition) is 2. The fourth-order valence-electron chi connectivity index (χ4n) is 2.55. The molecule has 0 aromatic heterocycles. The van der Waals surface area contributed by atoms with Crippen LogP contribution in [-0.2, 0) is 9.59 Å². The van der Waals surface area contributed by atoms with Crippen molar-refractivity contribution in [3.8, 4) is 0 Å². The summed E-state index contributed by atoms with van der Waals surface area (Å²) in [5, 5.41) is 2.52. The van der Waals surface area contributed by atoms with E-state index in [1.165, 1.54) is 12.8 Å². The zero-order valence-electron chi connectivity index (χ0n) is 11.5. The number of hydrogen-bond acceptors (Lipinski definition) is 3. The molecule has 0 saturated carbocycles. The molecule has 5 nitrogen and oxygen atoms in total. The van der Waals surface area contributed by atoms with E-state index in [-0.39, 0.29) is 24.9 Å². The SMILES string of the molecule is CCC1(CC)CCN(C(=O)CNC(=O)CN)CC1. The molecular formula is C13H25N3O2. The highest BCUT2D eigenvalue weighted by atomic mass is 16.2. The van der Waals surface area contributed by atoms with Crippen LogP contribution in [0.5, 0.6) is 0 Å². The van der Waals surface area contributed by atoms with Crippen LogP contribution in [0.4, 0.5) is 0 Å². The van der Waals surface area contributed by atoms with E-state index >= 15 is 0 Å². The number of nitrogens with one attached hydrogen (secondary N) is 1. The van der Waals surface area contributed by atoms with Gasteiger partial charge < -0.3 is 16.0 Å². The van der Waals surface area contributed by atoms with Gasteiger partial charge >= 0.3 is 0 Å². The quantitative estimate of drug-likeness (QED) is 0.750. The number of carbonyl (C=O) groups excluding carboxylic acids is 2. The molecule has 0 unspecified atom stereocenters. The van der Waals surface area contributed by atoms with Crippen LogP contribution in [0, 0.1) is 5.41 Å². The smallest absolute Gasteiger partial charge is 0.241 e. The molecule has 5 heteroatoms. The minimum atomic E-state index is -0.281. The molecule has 1 saturated heterocycles. The second-order valence-corrected chi connectivity index (χ2v) is 5.07. The summed E-state index contributed by atoms with van der Waals surface area (Å²) in [6.45, 7) is 6.06. The maximum absolute atomic E-state index is 11.9. The molecular weight excluding hydrogens is 230 g/mol. The van der Waals surface area contributed by atoms with Gasteiger partial charge in [-0.3, -0.25) is 9.59 Å². The third kappa shape index (κ3) is 3.70. The summed E-state index contributed by atoms with van der Waals surface area (Å²) < 4.78 is 0. The number of nitrogens with zero attached hydrogens (tertiary/aromatic N) is 1. The van der Waals surface area contributed by atoms with E-state index in [4.69, 9.17) is 5.73 Å². The fourth-order valence-corrected chi connectivity index (χ4v) is 2.55. The summed E-state index contributed by atoms with van der Waals surface area (Å²) in [5.41, 5.74) is 5.59. The molecule has 1 aliphatic heterocycles. The molecule has 3 N–H and O–H groups in total. The molecule has 0 radical (unpaired) electrons. The van der Waals surface area contributed by atoms with Gasteiger partial charge in [-0.1, -0.05) is 26.7 Å². The number of nitrogens with two attached hydrogens (primary N) is 1. The first-order valence-electron chi connectivity index (χ1n) is 6.81. The number of carbonyl (C=O) groups is 2. The highest BCUT2D eigenvalue weighted by Gasteiger charge is 2.32. The van der Waals surface area contributed by atoms with Crippen molar-refractivity contribution in [2.45, 2.75) is 39.5 Å². The molecule has 0 spiro atoms. The Morgan fingerprint density at radius 3 is 2.22 bits per heavy atom. The number of rotatable bonds is 5. The Morgan fingerprint density at radius 2 is 1.78 bits per heavy atom. The largest absolute Gasteiger partial charge is 0.346 e.